The lowest BCUT2D eigenvalue weighted by Gasteiger charge is -2.42. The van der Waals surface area contributed by atoms with Crippen molar-refractivity contribution in [2.24, 2.45) is 0 Å². The van der Waals surface area contributed by atoms with Crippen molar-refractivity contribution in [3.05, 3.63) is 35.9 Å². The average molecular weight is 237 g/mol. The zero-order valence-electron chi connectivity index (χ0n) is 9.98. The van der Waals surface area contributed by atoms with Crippen LogP contribution in [0, 0.1) is 0 Å². The van der Waals surface area contributed by atoms with E-state index in [1.165, 1.54) is 5.56 Å². The molecule has 1 fully saturated rings. The molecule has 2 atom stereocenters. The van der Waals surface area contributed by atoms with Gasteiger partial charge in [-0.15, -0.1) is 0 Å². The number of benzene rings is 1. The monoisotopic (exact) mass is 237 g/mol. The van der Waals surface area contributed by atoms with Gasteiger partial charge in [0.2, 0.25) is 0 Å². The molecule has 1 heterocycles. The van der Waals surface area contributed by atoms with Crippen LogP contribution in [0.3, 0.4) is 0 Å². The molecule has 0 saturated carbocycles. The van der Waals surface area contributed by atoms with Crippen LogP contribution in [0.4, 0.5) is 0 Å². The summed E-state index contributed by atoms with van der Waals surface area (Å²) < 4.78 is 12.2. The molecule has 0 aliphatic carbocycles. The molecule has 0 bridgehead atoms. The predicted molar refractivity (Wildman–Crippen MR) is 68.9 cm³/mol. The first-order valence-electron chi connectivity index (χ1n) is 5.81. The van der Waals surface area contributed by atoms with E-state index in [1.54, 1.807) is 0 Å². The van der Waals surface area contributed by atoms with E-state index in [-0.39, 0.29) is 4.75 Å². The van der Waals surface area contributed by atoms with E-state index in [0.29, 0.717) is 0 Å². The molecule has 1 aliphatic heterocycles. The molecule has 88 valence electrons. The molecule has 1 aliphatic rings. The second-order valence-electron chi connectivity index (χ2n) is 4.50. The molecule has 0 N–H and O–H groups in total. The highest BCUT2D eigenvalue weighted by molar-refractivity contribution is 7.92. The fourth-order valence-electron chi connectivity index (χ4n) is 2.46. The highest BCUT2D eigenvalue weighted by atomic mass is 32.2. The molecule has 16 heavy (non-hydrogen) atoms. The first-order valence-corrected chi connectivity index (χ1v) is 7.13. The van der Waals surface area contributed by atoms with E-state index in [1.807, 2.05) is 18.2 Å². The SMILES string of the molecule is CC[C@]1(c2ccccc2)CN(C)CC[S@@+]1[O-]. The van der Waals surface area contributed by atoms with Crippen molar-refractivity contribution in [1.29, 1.82) is 0 Å². The summed E-state index contributed by atoms with van der Waals surface area (Å²) in [5, 5.41) is 0. The second kappa shape index (κ2) is 4.78. The maximum Gasteiger partial charge on any atom is 0.162 e. The lowest BCUT2D eigenvalue weighted by molar-refractivity contribution is 0.278. The molecule has 0 amide bonds. The van der Waals surface area contributed by atoms with Crippen molar-refractivity contribution in [3.8, 4) is 0 Å². The van der Waals surface area contributed by atoms with Crippen molar-refractivity contribution in [2.45, 2.75) is 18.1 Å². The number of likely N-dealkylation sites (N-methyl/N-ethyl adjacent to an activating group) is 1. The molecule has 0 aromatic heterocycles. The quantitative estimate of drug-likeness (QED) is 0.735. The van der Waals surface area contributed by atoms with Crippen LogP contribution in [0.1, 0.15) is 18.9 Å². The molecule has 1 saturated heterocycles. The Labute approximate surface area is 101 Å². The Morgan fingerprint density at radius 2 is 2.06 bits per heavy atom. The lowest BCUT2D eigenvalue weighted by Crippen LogP contribution is -2.52. The highest BCUT2D eigenvalue weighted by Gasteiger charge is 2.45. The van der Waals surface area contributed by atoms with Crippen molar-refractivity contribution in [3.63, 3.8) is 0 Å². The molecule has 1 aromatic carbocycles. The van der Waals surface area contributed by atoms with Crippen molar-refractivity contribution in [2.75, 3.05) is 25.9 Å². The minimum atomic E-state index is -0.750. The zero-order valence-corrected chi connectivity index (χ0v) is 10.8. The van der Waals surface area contributed by atoms with Crippen LogP contribution < -0.4 is 0 Å². The van der Waals surface area contributed by atoms with E-state index in [0.717, 1.165) is 25.3 Å². The van der Waals surface area contributed by atoms with Crippen molar-refractivity contribution >= 4 is 11.2 Å². The van der Waals surface area contributed by atoms with Gasteiger partial charge in [0, 0.05) is 18.5 Å². The fourth-order valence-corrected chi connectivity index (χ4v) is 4.42. The van der Waals surface area contributed by atoms with E-state index in [4.69, 9.17) is 0 Å². The van der Waals surface area contributed by atoms with E-state index < -0.39 is 11.2 Å². The fraction of sp³-hybridized carbons (Fsp3) is 0.538. The normalized spacial score (nSPS) is 31.6. The smallest absolute Gasteiger partial charge is 0.162 e. The van der Waals surface area contributed by atoms with Gasteiger partial charge < -0.3 is 4.55 Å². The van der Waals surface area contributed by atoms with Gasteiger partial charge in [0.1, 0.15) is 5.75 Å². The molecule has 2 rings (SSSR count). The third-order valence-electron chi connectivity index (χ3n) is 3.49. The molecule has 0 spiro atoms. The lowest BCUT2D eigenvalue weighted by atomic mass is 9.94. The van der Waals surface area contributed by atoms with Crippen LogP contribution in [-0.2, 0) is 15.9 Å². The Kier molecular flexibility index (Phi) is 3.57. The van der Waals surface area contributed by atoms with Gasteiger partial charge in [-0.25, -0.2) is 0 Å². The maximum absolute atomic E-state index is 12.4. The van der Waals surface area contributed by atoms with Crippen LogP contribution >= 0.6 is 0 Å². The van der Waals surface area contributed by atoms with Crippen LogP contribution in [0.15, 0.2) is 30.3 Å². The van der Waals surface area contributed by atoms with Gasteiger partial charge in [-0.1, -0.05) is 37.3 Å². The van der Waals surface area contributed by atoms with Gasteiger partial charge in [-0.05, 0) is 18.2 Å². The van der Waals surface area contributed by atoms with Crippen molar-refractivity contribution < 1.29 is 4.55 Å². The number of hydrogen-bond donors (Lipinski definition) is 0. The van der Waals surface area contributed by atoms with E-state index in [2.05, 4.69) is 31.0 Å². The molecule has 0 radical (unpaired) electrons. The Balaban J connectivity index is 2.37. The largest absolute Gasteiger partial charge is 0.616 e. The molecular formula is C13H19NOS. The Morgan fingerprint density at radius 1 is 1.38 bits per heavy atom. The van der Waals surface area contributed by atoms with Crippen LogP contribution in [0.25, 0.3) is 0 Å². The van der Waals surface area contributed by atoms with Gasteiger partial charge in [0.05, 0.1) is 6.54 Å². The predicted octanol–water partition coefficient (Wildman–Crippen LogP) is 1.99. The standard InChI is InChI=1S/C13H19NOS/c1-3-13(12-7-5-4-6-8-12)11-14(2)9-10-16(13)15/h4-8H,3,9-11H2,1-2H3/t13-,16-/m1/s1. The summed E-state index contributed by atoms with van der Waals surface area (Å²) >= 11 is -0.750. The Morgan fingerprint density at radius 3 is 2.69 bits per heavy atom. The summed E-state index contributed by atoms with van der Waals surface area (Å²) in [6.07, 6.45) is 0.938. The first kappa shape index (κ1) is 12.0. The van der Waals surface area contributed by atoms with E-state index >= 15 is 0 Å². The zero-order chi connectivity index (χ0) is 11.6. The number of rotatable bonds is 2. The molecule has 0 unspecified atom stereocenters. The summed E-state index contributed by atoms with van der Waals surface area (Å²) in [6, 6.07) is 10.3. The average Bonchev–Trinajstić information content (AvgIpc) is 2.33. The van der Waals surface area contributed by atoms with Crippen LogP contribution in [0.5, 0.6) is 0 Å². The second-order valence-corrected chi connectivity index (χ2v) is 6.38. The minimum Gasteiger partial charge on any atom is -0.616 e. The minimum absolute atomic E-state index is 0.158. The van der Waals surface area contributed by atoms with Crippen LogP contribution in [0.2, 0.25) is 0 Å². The van der Waals surface area contributed by atoms with Gasteiger partial charge >= 0.3 is 0 Å². The van der Waals surface area contributed by atoms with Crippen molar-refractivity contribution in [1.82, 2.24) is 4.90 Å². The topological polar surface area (TPSA) is 26.3 Å². The Hall–Kier alpha value is -0.510. The molecular weight excluding hydrogens is 218 g/mol. The molecule has 1 aromatic rings. The number of hydrogen-bond acceptors (Lipinski definition) is 2. The van der Waals surface area contributed by atoms with E-state index in [9.17, 15) is 4.55 Å². The Bertz CT molecular complexity index is 343. The summed E-state index contributed by atoms with van der Waals surface area (Å²) in [7, 11) is 2.11. The summed E-state index contributed by atoms with van der Waals surface area (Å²) in [5.41, 5.74) is 1.22. The van der Waals surface area contributed by atoms with Gasteiger partial charge in [-0.2, -0.15) is 0 Å². The van der Waals surface area contributed by atoms with Gasteiger partial charge in [-0.3, -0.25) is 4.90 Å². The third kappa shape index (κ3) is 1.99. The van der Waals surface area contributed by atoms with Crippen LogP contribution in [-0.4, -0.2) is 35.3 Å². The van der Waals surface area contributed by atoms with Gasteiger partial charge in [0.15, 0.2) is 4.75 Å². The number of nitrogens with zero attached hydrogens (tertiary/aromatic N) is 1. The summed E-state index contributed by atoms with van der Waals surface area (Å²) in [6.45, 7) is 3.99. The molecule has 3 heteroatoms. The third-order valence-corrected chi connectivity index (χ3v) is 5.57. The first-order chi connectivity index (χ1) is 7.69. The highest BCUT2D eigenvalue weighted by Crippen LogP contribution is 2.37. The summed E-state index contributed by atoms with van der Waals surface area (Å²) in [5.74, 6) is 0.791. The summed E-state index contributed by atoms with van der Waals surface area (Å²) in [4.78, 5) is 2.29. The van der Waals surface area contributed by atoms with Gasteiger partial charge in [0.25, 0.3) is 0 Å². The molecule has 2 nitrogen and oxygen atoms in total. The maximum atomic E-state index is 12.4.